The number of ether oxygens (including phenoxy) is 1. The van der Waals surface area contributed by atoms with E-state index in [-0.39, 0.29) is 0 Å². The Bertz CT molecular complexity index is 867. The highest BCUT2D eigenvalue weighted by Crippen LogP contribution is 2.28. The van der Waals surface area contributed by atoms with Crippen LogP contribution in [0.5, 0.6) is 5.75 Å². The lowest BCUT2D eigenvalue weighted by Crippen LogP contribution is -2.27. The van der Waals surface area contributed by atoms with Gasteiger partial charge in [-0.3, -0.25) is 0 Å². The first-order chi connectivity index (χ1) is 12.8. The molecule has 26 heavy (non-hydrogen) atoms. The van der Waals surface area contributed by atoms with E-state index in [4.69, 9.17) is 9.72 Å². The lowest BCUT2D eigenvalue weighted by Gasteiger charge is -2.22. The average molecular weight is 346 g/mol. The number of nitrogens with one attached hydrogen (secondary N) is 1. The standard InChI is InChI=1S/C23H26N2O/c1-26-20-10-8-18(9-11-20)23-16-19(7-6-17-12-14-24-15-13-17)21-4-2-3-5-22(21)25-23/h2-5,8-11,16-17,24H,6-7,12-15H2,1H3. The van der Waals surface area contributed by atoms with Crippen molar-refractivity contribution < 1.29 is 4.74 Å². The Morgan fingerprint density at radius 1 is 1.04 bits per heavy atom. The topological polar surface area (TPSA) is 34.1 Å². The second kappa shape index (κ2) is 7.88. The third-order valence-electron chi connectivity index (χ3n) is 5.47. The van der Waals surface area contributed by atoms with Crippen LogP contribution in [-0.4, -0.2) is 25.2 Å². The maximum absolute atomic E-state index is 5.28. The highest BCUT2D eigenvalue weighted by molar-refractivity contribution is 5.85. The van der Waals surface area contributed by atoms with E-state index in [0.29, 0.717) is 0 Å². The Hall–Kier alpha value is -2.39. The third-order valence-corrected chi connectivity index (χ3v) is 5.47. The van der Waals surface area contributed by atoms with Crippen LogP contribution in [0, 0.1) is 5.92 Å². The van der Waals surface area contributed by atoms with Gasteiger partial charge in [0.15, 0.2) is 0 Å². The van der Waals surface area contributed by atoms with Crippen molar-refractivity contribution in [3.05, 3.63) is 60.2 Å². The molecule has 4 rings (SSSR count). The minimum absolute atomic E-state index is 0.840. The predicted molar refractivity (Wildman–Crippen MR) is 108 cm³/mol. The summed E-state index contributed by atoms with van der Waals surface area (Å²) in [6.45, 7) is 2.33. The molecule has 2 aromatic carbocycles. The minimum Gasteiger partial charge on any atom is -0.497 e. The van der Waals surface area contributed by atoms with E-state index in [1.54, 1.807) is 7.11 Å². The molecule has 1 aliphatic rings. The van der Waals surface area contributed by atoms with Crippen LogP contribution in [0.3, 0.4) is 0 Å². The number of aryl methyl sites for hydroxylation is 1. The lowest BCUT2D eigenvalue weighted by molar-refractivity contribution is 0.354. The number of para-hydroxylation sites is 1. The van der Waals surface area contributed by atoms with Crippen LogP contribution in [0.4, 0.5) is 0 Å². The van der Waals surface area contributed by atoms with Gasteiger partial charge in [-0.05, 0) is 86.7 Å². The summed E-state index contributed by atoms with van der Waals surface area (Å²) in [7, 11) is 1.70. The maximum atomic E-state index is 5.28. The molecule has 1 aliphatic heterocycles. The molecule has 3 nitrogen and oxygen atoms in total. The van der Waals surface area contributed by atoms with Gasteiger partial charge in [0.05, 0.1) is 18.3 Å². The molecule has 0 spiro atoms. The molecule has 3 heteroatoms. The summed E-state index contributed by atoms with van der Waals surface area (Å²) < 4.78 is 5.28. The van der Waals surface area contributed by atoms with Gasteiger partial charge in [-0.25, -0.2) is 4.98 Å². The summed E-state index contributed by atoms with van der Waals surface area (Å²) in [6, 6.07) is 19.0. The molecule has 0 aliphatic carbocycles. The molecule has 134 valence electrons. The van der Waals surface area contributed by atoms with Crippen LogP contribution in [0.1, 0.15) is 24.8 Å². The van der Waals surface area contributed by atoms with Gasteiger partial charge in [-0.2, -0.15) is 0 Å². The van der Waals surface area contributed by atoms with E-state index in [1.807, 2.05) is 12.1 Å². The molecule has 0 bridgehead atoms. The van der Waals surface area contributed by atoms with Crippen molar-refractivity contribution in [2.75, 3.05) is 20.2 Å². The first-order valence-electron chi connectivity index (χ1n) is 9.57. The zero-order valence-corrected chi connectivity index (χ0v) is 15.4. The van der Waals surface area contributed by atoms with Gasteiger partial charge in [0.1, 0.15) is 5.75 Å². The van der Waals surface area contributed by atoms with Crippen LogP contribution in [-0.2, 0) is 6.42 Å². The summed E-state index contributed by atoms with van der Waals surface area (Å²) >= 11 is 0. The van der Waals surface area contributed by atoms with Crippen LogP contribution in [0.25, 0.3) is 22.2 Å². The molecule has 0 atom stereocenters. The van der Waals surface area contributed by atoms with Gasteiger partial charge in [0.2, 0.25) is 0 Å². The Balaban J connectivity index is 1.65. The van der Waals surface area contributed by atoms with E-state index < -0.39 is 0 Å². The summed E-state index contributed by atoms with van der Waals surface area (Å²) in [5.74, 6) is 1.72. The Morgan fingerprint density at radius 2 is 1.81 bits per heavy atom. The van der Waals surface area contributed by atoms with Crippen molar-refractivity contribution in [3.8, 4) is 17.0 Å². The minimum atomic E-state index is 0.840. The summed E-state index contributed by atoms with van der Waals surface area (Å²) in [5.41, 5.74) is 4.69. The second-order valence-electron chi connectivity index (χ2n) is 7.14. The molecule has 0 unspecified atom stereocenters. The van der Waals surface area contributed by atoms with Crippen LogP contribution in [0.2, 0.25) is 0 Å². The Kier molecular flexibility index (Phi) is 5.16. The molecule has 0 saturated carbocycles. The molecule has 1 N–H and O–H groups in total. The van der Waals surface area contributed by atoms with Gasteiger partial charge in [0, 0.05) is 10.9 Å². The van der Waals surface area contributed by atoms with E-state index in [1.165, 1.54) is 43.3 Å². The molecule has 0 radical (unpaired) electrons. The van der Waals surface area contributed by atoms with E-state index in [2.05, 4.69) is 47.8 Å². The largest absolute Gasteiger partial charge is 0.497 e. The highest BCUT2D eigenvalue weighted by atomic mass is 16.5. The maximum Gasteiger partial charge on any atom is 0.118 e. The molecular formula is C23H26N2O. The SMILES string of the molecule is COc1ccc(-c2cc(CCC3CCNCC3)c3ccccc3n2)cc1. The smallest absolute Gasteiger partial charge is 0.118 e. The first kappa shape index (κ1) is 17.0. The van der Waals surface area contributed by atoms with E-state index in [0.717, 1.165) is 34.9 Å². The molecule has 3 aromatic rings. The van der Waals surface area contributed by atoms with Gasteiger partial charge >= 0.3 is 0 Å². The fourth-order valence-electron chi connectivity index (χ4n) is 3.89. The monoisotopic (exact) mass is 346 g/mol. The van der Waals surface area contributed by atoms with E-state index in [9.17, 15) is 0 Å². The van der Waals surface area contributed by atoms with Gasteiger partial charge in [0.25, 0.3) is 0 Å². The van der Waals surface area contributed by atoms with Gasteiger partial charge in [-0.15, -0.1) is 0 Å². The third kappa shape index (κ3) is 3.73. The average Bonchev–Trinajstić information content (AvgIpc) is 2.72. The Morgan fingerprint density at radius 3 is 2.58 bits per heavy atom. The zero-order valence-electron chi connectivity index (χ0n) is 15.4. The molecule has 1 saturated heterocycles. The second-order valence-corrected chi connectivity index (χ2v) is 7.14. The Labute approximate surface area is 155 Å². The van der Waals surface area contributed by atoms with Crippen molar-refractivity contribution in [1.29, 1.82) is 0 Å². The van der Waals surface area contributed by atoms with Crippen molar-refractivity contribution in [1.82, 2.24) is 10.3 Å². The summed E-state index contributed by atoms with van der Waals surface area (Å²) in [4.78, 5) is 4.91. The van der Waals surface area contributed by atoms with Gasteiger partial charge < -0.3 is 10.1 Å². The number of hydrogen-bond donors (Lipinski definition) is 1. The first-order valence-corrected chi connectivity index (χ1v) is 9.57. The fraction of sp³-hybridized carbons (Fsp3) is 0.348. The van der Waals surface area contributed by atoms with Crippen molar-refractivity contribution >= 4 is 10.9 Å². The predicted octanol–water partition coefficient (Wildman–Crippen LogP) is 4.84. The molecule has 2 heterocycles. The molecule has 1 fully saturated rings. The number of benzene rings is 2. The lowest BCUT2D eigenvalue weighted by atomic mass is 9.90. The number of pyridine rings is 1. The number of aromatic nitrogens is 1. The molecular weight excluding hydrogens is 320 g/mol. The number of piperidine rings is 1. The van der Waals surface area contributed by atoms with Crippen molar-refractivity contribution in [3.63, 3.8) is 0 Å². The van der Waals surface area contributed by atoms with Crippen molar-refractivity contribution in [2.45, 2.75) is 25.7 Å². The highest BCUT2D eigenvalue weighted by Gasteiger charge is 2.14. The fourth-order valence-corrected chi connectivity index (χ4v) is 3.89. The van der Waals surface area contributed by atoms with Gasteiger partial charge in [-0.1, -0.05) is 18.2 Å². The zero-order chi connectivity index (χ0) is 17.8. The number of fused-ring (bicyclic) bond motifs is 1. The summed E-state index contributed by atoms with van der Waals surface area (Å²) in [5, 5.41) is 4.75. The van der Waals surface area contributed by atoms with E-state index >= 15 is 0 Å². The quantitative estimate of drug-likeness (QED) is 0.717. The van der Waals surface area contributed by atoms with Crippen LogP contribution in [0.15, 0.2) is 54.6 Å². The number of hydrogen-bond acceptors (Lipinski definition) is 3. The van der Waals surface area contributed by atoms with Crippen molar-refractivity contribution in [2.24, 2.45) is 5.92 Å². The van der Waals surface area contributed by atoms with Crippen LogP contribution < -0.4 is 10.1 Å². The van der Waals surface area contributed by atoms with Crippen LogP contribution >= 0.6 is 0 Å². The number of nitrogens with zero attached hydrogens (tertiary/aromatic N) is 1. The molecule has 0 amide bonds. The number of rotatable bonds is 5. The normalized spacial score (nSPS) is 15.3. The molecule has 1 aromatic heterocycles. The number of methoxy groups -OCH3 is 1. The summed E-state index contributed by atoms with van der Waals surface area (Å²) in [6.07, 6.45) is 4.98.